The van der Waals surface area contributed by atoms with Crippen molar-refractivity contribution in [3.05, 3.63) is 23.4 Å². The molecule has 0 atom stereocenters. The van der Waals surface area contributed by atoms with E-state index in [-0.39, 0.29) is 11.1 Å². The van der Waals surface area contributed by atoms with Gasteiger partial charge in [-0.05, 0) is 39.3 Å². The molecule has 0 fully saturated rings. The highest BCUT2D eigenvalue weighted by Crippen LogP contribution is 2.19. The molecule has 0 bridgehead atoms. The Morgan fingerprint density at radius 2 is 2.12 bits per heavy atom. The smallest absolute Gasteiger partial charge is 0.337 e. The van der Waals surface area contributed by atoms with Crippen LogP contribution in [0.15, 0.2) is 12.1 Å². The quantitative estimate of drug-likeness (QED) is 0.824. The second-order valence-electron chi connectivity index (χ2n) is 4.89. The van der Waals surface area contributed by atoms with Crippen LogP contribution in [0.4, 0.5) is 5.82 Å². The maximum absolute atomic E-state index is 10.9. The van der Waals surface area contributed by atoms with Gasteiger partial charge < -0.3 is 10.4 Å². The molecule has 1 heterocycles. The highest BCUT2D eigenvalue weighted by molar-refractivity contribution is 5.89. The number of carboxylic acid groups (broad SMARTS) is 1. The summed E-state index contributed by atoms with van der Waals surface area (Å²) in [6, 6.07) is 3.31. The molecule has 0 aliphatic rings. The minimum absolute atomic E-state index is 0.0288. The van der Waals surface area contributed by atoms with Gasteiger partial charge in [-0.1, -0.05) is 13.3 Å². The first kappa shape index (κ1) is 13.5. The monoisotopic (exact) mass is 236 g/mol. The summed E-state index contributed by atoms with van der Waals surface area (Å²) < 4.78 is 0. The van der Waals surface area contributed by atoms with Gasteiger partial charge in [0.1, 0.15) is 5.82 Å². The first-order chi connectivity index (χ1) is 7.85. The summed E-state index contributed by atoms with van der Waals surface area (Å²) in [7, 11) is 0. The second kappa shape index (κ2) is 5.17. The van der Waals surface area contributed by atoms with E-state index in [4.69, 9.17) is 5.11 Å². The fourth-order valence-corrected chi connectivity index (χ4v) is 1.89. The topological polar surface area (TPSA) is 62.2 Å². The van der Waals surface area contributed by atoms with Crippen molar-refractivity contribution < 1.29 is 9.90 Å². The molecule has 1 aromatic rings. The molecule has 17 heavy (non-hydrogen) atoms. The van der Waals surface area contributed by atoms with Gasteiger partial charge in [0.25, 0.3) is 0 Å². The molecule has 1 rings (SSSR count). The minimum Gasteiger partial charge on any atom is -0.478 e. The number of hydrogen-bond acceptors (Lipinski definition) is 3. The standard InChI is InChI=1S/C13H20N2O2/c1-5-8-13(3,4)15-11-7-6-10(12(16)17)9(2)14-11/h6-7H,5,8H2,1-4H3,(H,14,15)(H,16,17). The molecule has 0 unspecified atom stereocenters. The van der Waals surface area contributed by atoms with Crippen LogP contribution in [0.5, 0.6) is 0 Å². The number of aromatic nitrogens is 1. The summed E-state index contributed by atoms with van der Waals surface area (Å²) in [5.41, 5.74) is 0.762. The third-order valence-corrected chi connectivity index (χ3v) is 2.66. The molecule has 0 aliphatic carbocycles. The van der Waals surface area contributed by atoms with E-state index in [2.05, 4.69) is 31.1 Å². The number of hydrogen-bond donors (Lipinski definition) is 2. The average molecular weight is 236 g/mol. The van der Waals surface area contributed by atoms with Crippen molar-refractivity contribution in [1.29, 1.82) is 0 Å². The number of carboxylic acids is 1. The van der Waals surface area contributed by atoms with E-state index in [1.165, 1.54) is 0 Å². The first-order valence-electron chi connectivity index (χ1n) is 5.85. The number of nitrogens with zero attached hydrogens (tertiary/aromatic N) is 1. The zero-order valence-electron chi connectivity index (χ0n) is 10.9. The molecule has 94 valence electrons. The molecule has 4 nitrogen and oxygen atoms in total. The molecular formula is C13H20N2O2. The molecule has 0 aliphatic heterocycles. The predicted octanol–water partition coefficient (Wildman–Crippen LogP) is 3.08. The highest BCUT2D eigenvalue weighted by atomic mass is 16.4. The average Bonchev–Trinajstić information content (AvgIpc) is 2.15. The Kier molecular flexibility index (Phi) is 4.10. The fraction of sp³-hybridized carbons (Fsp3) is 0.538. The number of anilines is 1. The molecule has 0 aromatic carbocycles. The van der Waals surface area contributed by atoms with Crippen molar-refractivity contribution in [1.82, 2.24) is 4.98 Å². The summed E-state index contributed by atoms with van der Waals surface area (Å²) in [5, 5.41) is 12.2. The van der Waals surface area contributed by atoms with E-state index in [0.29, 0.717) is 5.69 Å². The number of pyridine rings is 1. The first-order valence-corrected chi connectivity index (χ1v) is 5.85. The fourth-order valence-electron chi connectivity index (χ4n) is 1.89. The van der Waals surface area contributed by atoms with Crippen LogP contribution in [-0.2, 0) is 0 Å². The summed E-state index contributed by atoms with van der Waals surface area (Å²) in [6.07, 6.45) is 2.13. The number of rotatable bonds is 5. The highest BCUT2D eigenvalue weighted by Gasteiger charge is 2.17. The van der Waals surface area contributed by atoms with Crippen LogP contribution in [0, 0.1) is 6.92 Å². The van der Waals surface area contributed by atoms with Gasteiger partial charge >= 0.3 is 5.97 Å². The zero-order valence-corrected chi connectivity index (χ0v) is 10.9. The maximum Gasteiger partial charge on any atom is 0.337 e. The predicted molar refractivity (Wildman–Crippen MR) is 68.5 cm³/mol. The Morgan fingerprint density at radius 1 is 1.47 bits per heavy atom. The summed E-state index contributed by atoms with van der Waals surface area (Å²) in [6.45, 7) is 8.06. The van der Waals surface area contributed by atoms with Crippen LogP contribution in [0.1, 0.15) is 49.7 Å². The van der Waals surface area contributed by atoms with E-state index in [1.807, 2.05) is 0 Å². The van der Waals surface area contributed by atoms with Crippen LogP contribution in [-0.4, -0.2) is 21.6 Å². The number of aromatic carboxylic acids is 1. The van der Waals surface area contributed by atoms with Gasteiger partial charge in [0, 0.05) is 5.54 Å². The molecule has 0 radical (unpaired) electrons. The molecule has 2 N–H and O–H groups in total. The van der Waals surface area contributed by atoms with Crippen molar-refractivity contribution in [2.24, 2.45) is 0 Å². The lowest BCUT2D eigenvalue weighted by Crippen LogP contribution is -2.31. The summed E-state index contributed by atoms with van der Waals surface area (Å²) in [4.78, 5) is 15.1. The second-order valence-corrected chi connectivity index (χ2v) is 4.89. The van der Waals surface area contributed by atoms with E-state index < -0.39 is 5.97 Å². The molecule has 0 saturated carbocycles. The van der Waals surface area contributed by atoms with Crippen LogP contribution < -0.4 is 5.32 Å². The lowest BCUT2D eigenvalue weighted by Gasteiger charge is -2.26. The lowest BCUT2D eigenvalue weighted by atomic mass is 9.99. The van der Waals surface area contributed by atoms with E-state index >= 15 is 0 Å². The Balaban J connectivity index is 2.88. The van der Waals surface area contributed by atoms with Crippen molar-refractivity contribution in [2.75, 3.05) is 5.32 Å². The minimum atomic E-state index is -0.936. The van der Waals surface area contributed by atoms with Crippen LogP contribution in [0.25, 0.3) is 0 Å². The molecular weight excluding hydrogens is 216 g/mol. The summed E-state index contributed by atoms with van der Waals surface area (Å²) in [5.74, 6) is -0.208. The number of nitrogens with one attached hydrogen (secondary N) is 1. The van der Waals surface area contributed by atoms with Gasteiger partial charge in [-0.15, -0.1) is 0 Å². The zero-order chi connectivity index (χ0) is 13.1. The maximum atomic E-state index is 10.9. The van der Waals surface area contributed by atoms with Gasteiger partial charge in [0.05, 0.1) is 11.3 Å². The van der Waals surface area contributed by atoms with Crippen molar-refractivity contribution in [3.63, 3.8) is 0 Å². The number of carbonyl (C=O) groups is 1. The Labute approximate surface area is 102 Å². The Hall–Kier alpha value is -1.58. The third kappa shape index (κ3) is 3.73. The largest absolute Gasteiger partial charge is 0.478 e. The Morgan fingerprint density at radius 3 is 2.59 bits per heavy atom. The van der Waals surface area contributed by atoms with Crippen LogP contribution >= 0.6 is 0 Å². The SMILES string of the molecule is CCCC(C)(C)Nc1ccc(C(=O)O)c(C)n1. The van der Waals surface area contributed by atoms with Gasteiger partial charge in [-0.25, -0.2) is 9.78 Å². The Bertz CT molecular complexity index is 414. The lowest BCUT2D eigenvalue weighted by molar-refractivity contribution is 0.0695. The number of aryl methyl sites for hydroxylation is 1. The van der Waals surface area contributed by atoms with Gasteiger partial charge in [0.15, 0.2) is 0 Å². The third-order valence-electron chi connectivity index (χ3n) is 2.66. The van der Waals surface area contributed by atoms with E-state index in [0.717, 1.165) is 18.7 Å². The van der Waals surface area contributed by atoms with E-state index in [9.17, 15) is 4.79 Å². The molecule has 0 saturated heterocycles. The van der Waals surface area contributed by atoms with Crippen molar-refractivity contribution in [2.45, 2.75) is 46.1 Å². The van der Waals surface area contributed by atoms with Gasteiger partial charge in [-0.3, -0.25) is 0 Å². The molecule has 0 amide bonds. The van der Waals surface area contributed by atoms with Crippen molar-refractivity contribution in [3.8, 4) is 0 Å². The molecule has 1 aromatic heterocycles. The molecule has 0 spiro atoms. The van der Waals surface area contributed by atoms with E-state index in [1.54, 1.807) is 19.1 Å². The van der Waals surface area contributed by atoms with Crippen molar-refractivity contribution >= 4 is 11.8 Å². The van der Waals surface area contributed by atoms with Crippen LogP contribution in [0.3, 0.4) is 0 Å². The normalized spacial score (nSPS) is 11.3. The van der Waals surface area contributed by atoms with Gasteiger partial charge in [0.2, 0.25) is 0 Å². The van der Waals surface area contributed by atoms with Crippen LogP contribution in [0.2, 0.25) is 0 Å². The molecule has 4 heteroatoms. The summed E-state index contributed by atoms with van der Waals surface area (Å²) >= 11 is 0. The van der Waals surface area contributed by atoms with Gasteiger partial charge in [-0.2, -0.15) is 0 Å².